The summed E-state index contributed by atoms with van der Waals surface area (Å²) in [4.78, 5) is 13.0. The molecule has 2 aliphatic heterocycles. The fourth-order valence-electron chi connectivity index (χ4n) is 4.27. The molecule has 0 saturated heterocycles. The van der Waals surface area contributed by atoms with Crippen molar-refractivity contribution in [2.45, 2.75) is 5.92 Å². The monoisotopic (exact) mass is 484 g/mol. The number of esters is 1. The van der Waals surface area contributed by atoms with E-state index in [-0.39, 0.29) is 18.6 Å². The summed E-state index contributed by atoms with van der Waals surface area (Å²) < 4.78 is 22.1. The van der Waals surface area contributed by atoms with Crippen molar-refractivity contribution in [3.8, 4) is 40.5 Å². The Kier molecular flexibility index (Phi) is 4.97. The van der Waals surface area contributed by atoms with Gasteiger partial charge in [-0.05, 0) is 47.3 Å². The van der Waals surface area contributed by atoms with Crippen molar-refractivity contribution in [2.24, 2.45) is 5.92 Å². The molecular formula is C25H16N4O5S. The van der Waals surface area contributed by atoms with Gasteiger partial charge in [0.1, 0.15) is 16.5 Å². The highest BCUT2D eigenvalue weighted by molar-refractivity contribution is 7.12. The van der Waals surface area contributed by atoms with Crippen LogP contribution in [0.4, 0.5) is 0 Å². The van der Waals surface area contributed by atoms with E-state index in [2.05, 4.69) is 16.3 Å². The number of benzene rings is 2. The number of nitrogens with zero attached hydrogens (tertiary/aromatic N) is 2. The number of aromatic nitrogens is 2. The van der Waals surface area contributed by atoms with Crippen molar-refractivity contribution in [1.82, 2.24) is 10.2 Å². The highest BCUT2D eigenvalue weighted by Gasteiger charge is 2.41. The maximum absolute atomic E-state index is 12.5. The van der Waals surface area contributed by atoms with Gasteiger partial charge in [-0.15, -0.1) is 16.4 Å². The van der Waals surface area contributed by atoms with E-state index in [1.807, 2.05) is 18.2 Å². The number of nitriles is 1. The van der Waals surface area contributed by atoms with Crippen LogP contribution >= 0.6 is 11.3 Å². The number of carbonyl (C=O) groups excluding carboxylic acids is 1. The lowest BCUT2D eigenvalue weighted by Crippen LogP contribution is -2.30. The fourth-order valence-corrected chi connectivity index (χ4v) is 4.87. The minimum absolute atomic E-state index is 0.149. The molecule has 0 saturated carbocycles. The van der Waals surface area contributed by atoms with Crippen LogP contribution in [0.2, 0.25) is 0 Å². The molecule has 0 radical (unpaired) electrons. The van der Waals surface area contributed by atoms with Gasteiger partial charge >= 0.3 is 5.97 Å². The van der Waals surface area contributed by atoms with Gasteiger partial charge in [-0.3, -0.25) is 10.5 Å². The number of carbonyl (C=O) groups is 1. The number of fused-ring (bicyclic) bond motifs is 2. The first-order valence-electron chi connectivity index (χ1n) is 10.6. The van der Waals surface area contributed by atoms with Crippen LogP contribution in [0, 0.1) is 22.7 Å². The van der Waals surface area contributed by atoms with Gasteiger partial charge in [-0.1, -0.05) is 18.2 Å². The van der Waals surface area contributed by atoms with Crippen LogP contribution in [0.3, 0.4) is 0 Å². The summed E-state index contributed by atoms with van der Waals surface area (Å²) in [6, 6.07) is 18.1. The second-order valence-electron chi connectivity index (χ2n) is 7.88. The van der Waals surface area contributed by atoms with Crippen LogP contribution in [0.15, 0.2) is 60.0 Å². The third kappa shape index (κ3) is 3.59. The minimum atomic E-state index is -0.906. The highest BCUT2D eigenvalue weighted by atomic mass is 32.1. The number of thiophene rings is 1. The van der Waals surface area contributed by atoms with Gasteiger partial charge in [0, 0.05) is 11.5 Å². The minimum Gasteiger partial charge on any atom is -0.454 e. The molecule has 0 bridgehead atoms. The van der Waals surface area contributed by atoms with Crippen LogP contribution in [0.5, 0.6) is 23.1 Å². The Bertz CT molecular complexity index is 1500. The molecule has 2 aromatic heterocycles. The number of aromatic amines is 1. The van der Waals surface area contributed by atoms with E-state index in [9.17, 15) is 10.1 Å². The fraction of sp³-hybridized carbons (Fsp3) is 0.120. The first-order chi connectivity index (χ1) is 17.1. The Hall–Kier alpha value is -4.62. The molecule has 172 valence electrons. The normalized spacial score (nSPS) is 17.9. The predicted octanol–water partition coefficient (Wildman–Crippen LogP) is 4.73. The standard InChI is InChI=1S/C25H16N4O5S/c26-11-16-20(13-3-1-4-15(9-13)33-25(30)19-5-2-8-35-19)21-22(28-29-24(21)34-23(16)27)14-6-7-17-18(10-14)32-12-31-17/h1-10,16,20,27H,12H2,(H,28,29). The molecule has 0 spiro atoms. The molecule has 2 unspecified atom stereocenters. The Morgan fingerprint density at radius 3 is 2.89 bits per heavy atom. The molecule has 2 aliphatic rings. The second-order valence-corrected chi connectivity index (χ2v) is 8.82. The molecule has 9 nitrogen and oxygen atoms in total. The van der Waals surface area contributed by atoms with Crippen LogP contribution in [0.1, 0.15) is 26.7 Å². The van der Waals surface area contributed by atoms with Gasteiger partial charge in [-0.2, -0.15) is 5.26 Å². The molecule has 4 heterocycles. The molecule has 2 aromatic carbocycles. The maximum atomic E-state index is 12.5. The Balaban J connectivity index is 1.43. The van der Waals surface area contributed by atoms with Gasteiger partial charge in [0.25, 0.3) is 0 Å². The second kappa shape index (κ2) is 8.30. The van der Waals surface area contributed by atoms with Crippen molar-refractivity contribution in [1.29, 1.82) is 10.7 Å². The van der Waals surface area contributed by atoms with E-state index in [1.54, 1.807) is 41.8 Å². The third-order valence-corrected chi connectivity index (χ3v) is 6.70. The van der Waals surface area contributed by atoms with E-state index in [1.165, 1.54) is 11.3 Å². The molecule has 0 aliphatic carbocycles. The number of hydrogen-bond donors (Lipinski definition) is 2. The van der Waals surface area contributed by atoms with Crippen LogP contribution in [-0.2, 0) is 0 Å². The molecule has 35 heavy (non-hydrogen) atoms. The van der Waals surface area contributed by atoms with E-state index in [4.69, 9.17) is 24.4 Å². The van der Waals surface area contributed by atoms with E-state index in [0.717, 1.165) is 5.56 Å². The molecule has 6 rings (SSSR count). The van der Waals surface area contributed by atoms with Gasteiger partial charge in [0.2, 0.25) is 18.6 Å². The lowest BCUT2D eigenvalue weighted by Gasteiger charge is -2.28. The van der Waals surface area contributed by atoms with Crippen molar-refractivity contribution in [3.05, 3.63) is 76.0 Å². The highest BCUT2D eigenvalue weighted by Crippen LogP contribution is 2.47. The molecule has 0 fully saturated rings. The number of ether oxygens (including phenoxy) is 4. The van der Waals surface area contributed by atoms with Crippen LogP contribution in [0.25, 0.3) is 11.3 Å². The topological polar surface area (TPSA) is 130 Å². The molecule has 10 heteroatoms. The molecule has 2 N–H and O–H groups in total. The summed E-state index contributed by atoms with van der Waals surface area (Å²) in [6.07, 6.45) is 0. The first-order valence-corrected chi connectivity index (χ1v) is 11.5. The van der Waals surface area contributed by atoms with Crippen molar-refractivity contribution < 1.29 is 23.7 Å². The quantitative estimate of drug-likeness (QED) is 0.316. The summed E-state index contributed by atoms with van der Waals surface area (Å²) in [5.41, 5.74) is 2.72. The number of rotatable bonds is 4. The summed E-state index contributed by atoms with van der Waals surface area (Å²) in [7, 11) is 0. The molecule has 4 aromatic rings. The van der Waals surface area contributed by atoms with E-state index < -0.39 is 17.8 Å². The van der Waals surface area contributed by atoms with Gasteiger partial charge in [-0.25, -0.2) is 4.79 Å². The van der Waals surface area contributed by atoms with Crippen molar-refractivity contribution in [3.63, 3.8) is 0 Å². The summed E-state index contributed by atoms with van der Waals surface area (Å²) in [5, 5.41) is 27.3. The smallest absolute Gasteiger partial charge is 0.353 e. The van der Waals surface area contributed by atoms with Crippen molar-refractivity contribution >= 4 is 23.2 Å². The molecule has 2 atom stereocenters. The number of hydrogen-bond acceptors (Lipinski definition) is 9. The van der Waals surface area contributed by atoms with Gasteiger partial charge in [0.05, 0.1) is 17.3 Å². The SMILES string of the molecule is N#CC1C(=N)Oc2n[nH]c(-c3ccc4c(c3)OCO4)c2C1c1cccc(OC(=O)c2cccs2)c1. The lowest BCUT2D eigenvalue weighted by molar-refractivity contribution is 0.0739. The largest absolute Gasteiger partial charge is 0.454 e. The Morgan fingerprint density at radius 1 is 1.17 bits per heavy atom. The lowest BCUT2D eigenvalue weighted by atomic mass is 9.79. The van der Waals surface area contributed by atoms with E-state index in [0.29, 0.717) is 38.9 Å². The third-order valence-electron chi connectivity index (χ3n) is 5.85. The molecular weight excluding hydrogens is 468 g/mol. The summed E-state index contributed by atoms with van der Waals surface area (Å²) >= 11 is 1.29. The number of nitrogens with one attached hydrogen (secondary N) is 2. The average molecular weight is 484 g/mol. The summed E-state index contributed by atoms with van der Waals surface area (Å²) in [5.74, 6) is -0.344. The van der Waals surface area contributed by atoms with Gasteiger partial charge < -0.3 is 18.9 Å². The average Bonchev–Trinajstić information content (AvgIpc) is 3.63. The molecule has 0 amide bonds. The zero-order valence-electron chi connectivity index (χ0n) is 18.0. The van der Waals surface area contributed by atoms with Gasteiger partial charge in [0.15, 0.2) is 11.5 Å². The zero-order chi connectivity index (χ0) is 23.9. The number of H-pyrrole nitrogens is 1. The Labute approximate surface area is 203 Å². The Morgan fingerprint density at radius 2 is 2.06 bits per heavy atom. The first kappa shape index (κ1) is 20.9. The zero-order valence-corrected chi connectivity index (χ0v) is 18.8. The van der Waals surface area contributed by atoms with E-state index >= 15 is 0 Å². The maximum Gasteiger partial charge on any atom is 0.353 e. The summed E-state index contributed by atoms with van der Waals surface area (Å²) in [6.45, 7) is 0.149. The van der Waals surface area contributed by atoms with Crippen LogP contribution < -0.4 is 18.9 Å². The predicted molar refractivity (Wildman–Crippen MR) is 125 cm³/mol. The van der Waals surface area contributed by atoms with Crippen LogP contribution in [-0.4, -0.2) is 28.9 Å². The van der Waals surface area contributed by atoms with Crippen molar-refractivity contribution in [2.75, 3.05) is 6.79 Å².